The van der Waals surface area contributed by atoms with E-state index in [1.165, 1.54) is 0 Å². The van der Waals surface area contributed by atoms with Gasteiger partial charge in [-0.15, -0.1) is 6.42 Å². The lowest BCUT2D eigenvalue weighted by Crippen LogP contribution is -2.33. The molecular weight excluding hydrogens is 350 g/mol. The SMILES string of the molecule is C#CC(C)(C)C(C(=O)OC(C#N)c1cccc(Oc2ccccc2)c1)C1CC1. The second-order valence-electron chi connectivity index (χ2n) is 7.61. The fourth-order valence-electron chi connectivity index (χ4n) is 3.32. The first-order valence-corrected chi connectivity index (χ1v) is 9.35. The van der Waals surface area contributed by atoms with Crippen LogP contribution in [0, 0.1) is 40.9 Å². The van der Waals surface area contributed by atoms with Crippen molar-refractivity contribution < 1.29 is 14.3 Å². The van der Waals surface area contributed by atoms with E-state index in [2.05, 4.69) is 12.0 Å². The van der Waals surface area contributed by atoms with E-state index >= 15 is 0 Å². The minimum absolute atomic E-state index is 0.227. The highest BCUT2D eigenvalue weighted by Gasteiger charge is 2.46. The van der Waals surface area contributed by atoms with E-state index in [1.54, 1.807) is 24.3 Å². The Morgan fingerprint density at radius 3 is 2.43 bits per heavy atom. The highest BCUT2D eigenvalue weighted by molar-refractivity contribution is 5.75. The zero-order valence-electron chi connectivity index (χ0n) is 16.1. The molecule has 2 aromatic carbocycles. The van der Waals surface area contributed by atoms with E-state index in [9.17, 15) is 10.1 Å². The van der Waals surface area contributed by atoms with Gasteiger partial charge in [0, 0.05) is 11.0 Å². The van der Waals surface area contributed by atoms with Crippen LogP contribution >= 0.6 is 0 Å². The van der Waals surface area contributed by atoms with Gasteiger partial charge in [0.1, 0.15) is 17.6 Å². The predicted octanol–water partition coefficient (Wildman–Crippen LogP) is 5.27. The first-order valence-electron chi connectivity index (χ1n) is 9.35. The van der Waals surface area contributed by atoms with Gasteiger partial charge in [0.05, 0.1) is 5.92 Å². The summed E-state index contributed by atoms with van der Waals surface area (Å²) in [6, 6.07) is 18.5. The van der Waals surface area contributed by atoms with Crippen LogP contribution < -0.4 is 4.74 Å². The fraction of sp³-hybridized carbons (Fsp3) is 0.333. The third kappa shape index (κ3) is 4.53. The van der Waals surface area contributed by atoms with Crippen molar-refractivity contribution in [2.75, 3.05) is 0 Å². The third-order valence-electron chi connectivity index (χ3n) is 4.99. The summed E-state index contributed by atoms with van der Waals surface area (Å²) < 4.78 is 11.4. The highest BCUT2D eigenvalue weighted by Crippen LogP contribution is 2.46. The first-order chi connectivity index (χ1) is 13.4. The van der Waals surface area contributed by atoms with Crippen molar-refractivity contribution in [3.8, 4) is 29.9 Å². The number of carbonyl (C=O) groups is 1. The second-order valence-corrected chi connectivity index (χ2v) is 7.61. The van der Waals surface area contributed by atoms with Crippen LogP contribution in [0.1, 0.15) is 38.4 Å². The molecule has 0 heterocycles. The van der Waals surface area contributed by atoms with E-state index < -0.39 is 23.4 Å². The van der Waals surface area contributed by atoms with Crippen LogP contribution in [-0.2, 0) is 9.53 Å². The summed E-state index contributed by atoms with van der Waals surface area (Å²) in [5.41, 5.74) is -0.0476. The van der Waals surface area contributed by atoms with E-state index in [1.807, 2.05) is 44.2 Å². The number of rotatable bonds is 7. The van der Waals surface area contributed by atoms with Gasteiger partial charge in [0.15, 0.2) is 0 Å². The molecule has 142 valence electrons. The Bertz CT molecular complexity index is 917. The largest absolute Gasteiger partial charge is 0.457 e. The molecule has 1 saturated carbocycles. The smallest absolute Gasteiger partial charge is 0.312 e. The quantitative estimate of drug-likeness (QED) is 0.490. The van der Waals surface area contributed by atoms with Crippen molar-refractivity contribution in [3.63, 3.8) is 0 Å². The topological polar surface area (TPSA) is 59.3 Å². The molecule has 0 aliphatic heterocycles. The number of hydrogen-bond donors (Lipinski definition) is 0. The van der Waals surface area contributed by atoms with Gasteiger partial charge in [-0.1, -0.05) is 36.3 Å². The third-order valence-corrected chi connectivity index (χ3v) is 4.99. The molecule has 0 bridgehead atoms. The summed E-state index contributed by atoms with van der Waals surface area (Å²) in [6.45, 7) is 3.74. The molecule has 2 unspecified atom stereocenters. The van der Waals surface area contributed by atoms with Crippen LogP contribution in [0.4, 0.5) is 0 Å². The molecule has 1 aliphatic carbocycles. The van der Waals surface area contributed by atoms with Crippen molar-refractivity contribution in [1.82, 2.24) is 0 Å². The van der Waals surface area contributed by atoms with E-state index in [0.717, 1.165) is 12.8 Å². The minimum Gasteiger partial charge on any atom is -0.457 e. The van der Waals surface area contributed by atoms with Crippen LogP contribution in [0.25, 0.3) is 0 Å². The Morgan fingerprint density at radius 1 is 1.14 bits per heavy atom. The van der Waals surface area contributed by atoms with Crippen molar-refractivity contribution in [2.24, 2.45) is 17.3 Å². The van der Waals surface area contributed by atoms with Crippen molar-refractivity contribution in [3.05, 3.63) is 60.2 Å². The molecule has 0 aromatic heterocycles. The highest BCUT2D eigenvalue weighted by atomic mass is 16.5. The normalized spacial score (nSPS) is 15.6. The van der Waals surface area contributed by atoms with Crippen LogP contribution in [0.2, 0.25) is 0 Å². The zero-order chi connectivity index (χ0) is 20.1. The molecule has 0 saturated heterocycles. The lowest BCUT2D eigenvalue weighted by molar-refractivity contribution is -0.156. The number of benzene rings is 2. The van der Waals surface area contributed by atoms with Gasteiger partial charge >= 0.3 is 5.97 Å². The molecule has 2 aromatic rings. The lowest BCUT2D eigenvalue weighted by atomic mass is 9.76. The molecule has 0 spiro atoms. The van der Waals surface area contributed by atoms with Gasteiger partial charge in [-0.3, -0.25) is 4.79 Å². The van der Waals surface area contributed by atoms with E-state index in [-0.39, 0.29) is 5.92 Å². The van der Waals surface area contributed by atoms with Gasteiger partial charge in [-0.05, 0) is 56.9 Å². The summed E-state index contributed by atoms with van der Waals surface area (Å²) in [6.07, 6.45) is 6.55. The molecule has 4 nitrogen and oxygen atoms in total. The van der Waals surface area contributed by atoms with Crippen molar-refractivity contribution in [2.45, 2.75) is 32.8 Å². The van der Waals surface area contributed by atoms with Gasteiger partial charge in [-0.25, -0.2) is 0 Å². The van der Waals surface area contributed by atoms with Gasteiger partial charge in [0.25, 0.3) is 0 Å². The maximum atomic E-state index is 12.8. The summed E-state index contributed by atoms with van der Waals surface area (Å²) in [7, 11) is 0. The summed E-state index contributed by atoms with van der Waals surface area (Å²) in [4.78, 5) is 12.8. The number of carbonyl (C=O) groups excluding carboxylic acids is 1. The standard InChI is InChI=1S/C24H23NO3/c1-4-24(2,3)22(17-13-14-17)23(26)28-21(16-25)18-9-8-12-20(15-18)27-19-10-6-5-7-11-19/h1,5-12,15,17,21-22H,13-14H2,2-3H3. The molecule has 1 aliphatic rings. The zero-order valence-corrected chi connectivity index (χ0v) is 16.1. The molecule has 3 rings (SSSR count). The number of nitriles is 1. The van der Waals surface area contributed by atoms with Gasteiger partial charge in [-0.2, -0.15) is 5.26 Å². The van der Waals surface area contributed by atoms with Gasteiger partial charge < -0.3 is 9.47 Å². The number of esters is 1. The predicted molar refractivity (Wildman–Crippen MR) is 106 cm³/mol. The van der Waals surface area contributed by atoms with Crippen LogP contribution in [0.5, 0.6) is 11.5 Å². The Labute approximate surface area is 166 Å². The second kappa shape index (κ2) is 8.19. The Hall–Kier alpha value is -3.24. The summed E-state index contributed by atoms with van der Waals surface area (Å²) in [5.74, 6) is 3.38. The van der Waals surface area contributed by atoms with E-state index in [0.29, 0.717) is 17.1 Å². The van der Waals surface area contributed by atoms with Crippen LogP contribution in [0.15, 0.2) is 54.6 Å². The number of terminal acetylenes is 1. The monoisotopic (exact) mass is 373 g/mol. The molecule has 0 N–H and O–H groups in total. The molecular formula is C24H23NO3. The first kappa shape index (κ1) is 19.5. The molecule has 4 heteroatoms. The van der Waals surface area contributed by atoms with Gasteiger partial charge in [0.2, 0.25) is 6.10 Å². The molecule has 1 fully saturated rings. The van der Waals surface area contributed by atoms with Crippen LogP contribution in [0.3, 0.4) is 0 Å². The average molecular weight is 373 g/mol. The maximum absolute atomic E-state index is 12.8. The Morgan fingerprint density at radius 2 is 1.82 bits per heavy atom. The number of nitrogens with zero attached hydrogens (tertiary/aromatic N) is 1. The van der Waals surface area contributed by atoms with Crippen molar-refractivity contribution in [1.29, 1.82) is 5.26 Å². The van der Waals surface area contributed by atoms with Crippen LogP contribution in [-0.4, -0.2) is 5.97 Å². The summed E-state index contributed by atoms with van der Waals surface area (Å²) >= 11 is 0. The molecule has 0 amide bonds. The average Bonchev–Trinajstić information content (AvgIpc) is 3.52. The van der Waals surface area contributed by atoms with E-state index in [4.69, 9.17) is 15.9 Å². The maximum Gasteiger partial charge on any atom is 0.312 e. The molecule has 0 radical (unpaired) electrons. The minimum atomic E-state index is -1.01. The van der Waals surface area contributed by atoms with Crippen molar-refractivity contribution >= 4 is 5.97 Å². The molecule has 28 heavy (non-hydrogen) atoms. The number of ether oxygens (including phenoxy) is 2. The fourth-order valence-corrected chi connectivity index (χ4v) is 3.32. The Balaban J connectivity index is 1.76. The number of hydrogen-bond acceptors (Lipinski definition) is 4. The summed E-state index contributed by atoms with van der Waals surface area (Å²) in [5, 5.41) is 9.60. The molecule has 2 atom stereocenters. The lowest BCUT2D eigenvalue weighted by Gasteiger charge is -2.28. The Kier molecular flexibility index (Phi) is 5.71. The number of para-hydroxylation sites is 1.